The van der Waals surface area contributed by atoms with Crippen molar-refractivity contribution >= 4 is 17.7 Å². The summed E-state index contributed by atoms with van der Waals surface area (Å²) in [5.41, 5.74) is 5.79. The van der Waals surface area contributed by atoms with Crippen molar-refractivity contribution in [3.8, 4) is 0 Å². The number of primary amides is 1. The van der Waals surface area contributed by atoms with Gasteiger partial charge in [-0.3, -0.25) is 4.79 Å². The van der Waals surface area contributed by atoms with E-state index in [2.05, 4.69) is 25.3 Å². The van der Waals surface area contributed by atoms with Crippen LogP contribution in [0.4, 0.5) is 20.5 Å². The maximum Gasteiger partial charge on any atom is 0.345 e. The molecular formula is C17H23F2N5O2. The standard InChI is InChI=1S/C17H23F2N5O2/c18-15(19)26-11-3-1-10(2-4-11)22-16-21-8-12(13(20)25)14(23-16)24-17-5-9(6-17)7-17/h8-11,15H,1-7H2,(H2,20,25)(H2,21,22,23,24). The highest BCUT2D eigenvalue weighted by Crippen LogP contribution is 2.58. The van der Waals surface area contributed by atoms with Gasteiger partial charge < -0.3 is 21.1 Å². The molecule has 7 nitrogen and oxygen atoms in total. The lowest BCUT2D eigenvalue weighted by molar-refractivity contribution is -0.169. The van der Waals surface area contributed by atoms with Crippen LogP contribution in [0.1, 0.15) is 55.3 Å². The number of aromatic nitrogens is 2. The minimum Gasteiger partial charge on any atom is -0.365 e. The molecule has 0 spiro atoms. The molecule has 9 heteroatoms. The zero-order chi connectivity index (χ0) is 18.3. The predicted molar refractivity (Wildman–Crippen MR) is 91.0 cm³/mol. The van der Waals surface area contributed by atoms with Gasteiger partial charge in [-0.2, -0.15) is 13.8 Å². The number of nitrogens with one attached hydrogen (secondary N) is 2. The Morgan fingerprint density at radius 2 is 1.96 bits per heavy atom. The van der Waals surface area contributed by atoms with Crippen LogP contribution >= 0.6 is 0 Å². The summed E-state index contributed by atoms with van der Waals surface area (Å²) in [5, 5.41) is 6.62. The number of hydrogen-bond acceptors (Lipinski definition) is 6. The first-order valence-electron chi connectivity index (χ1n) is 9.08. The van der Waals surface area contributed by atoms with Crippen LogP contribution in [0.2, 0.25) is 0 Å². The van der Waals surface area contributed by atoms with E-state index in [1.165, 1.54) is 6.20 Å². The molecule has 1 aromatic rings. The number of alkyl halides is 2. The molecule has 2 bridgehead atoms. The predicted octanol–water partition coefficient (Wildman–Crippen LogP) is 2.50. The lowest BCUT2D eigenvalue weighted by atomic mass is 9.50. The summed E-state index contributed by atoms with van der Waals surface area (Å²) in [6, 6.07) is 0.0924. The summed E-state index contributed by atoms with van der Waals surface area (Å²) < 4.78 is 29.1. The molecule has 0 radical (unpaired) electrons. The quantitative estimate of drug-likeness (QED) is 0.684. The van der Waals surface area contributed by atoms with Crippen molar-refractivity contribution in [3.63, 3.8) is 0 Å². The average molecular weight is 367 g/mol. The van der Waals surface area contributed by atoms with E-state index < -0.39 is 18.6 Å². The molecule has 142 valence electrons. The summed E-state index contributed by atoms with van der Waals surface area (Å²) in [6.45, 7) is -2.72. The monoisotopic (exact) mass is 367 g/mol. The summed E-state index contributed by atoms with van der Waals surface area (Å²) in [5.74, 6) is 1.13. The number of amides is 1. The van der Waals surface area contributed by atoms with Gasteiger partial charge in [0.25, 0.3) is 5.91 Å². The number of rotatable bonds is 7. The van der Waals surface area contributed by atoms with Crippen LogP contribution in [-0.2, 0) is 4.74 Å². The van der Waals surface area contributed by atoms with E-state index in [4.69, 9.17) is 5.73 Å². The number of carbonyl (C=O) groups is 1. The molecular weight excluding hydrogens is 344 g/mol. The van der Waals surface area contributed by atoms with Gasteiger partial charge in [0.05, 0.1) is 11.7 Å². The molecule has 4 fully saturated rings. The second-order valence-electron chi connectivity index (χ2n) is 7.72. The van der Waals surface area contributed by atoms with Gasteiger partial charge in [0.15, 0.2) is 0 Å². The molecule has 0 unspecified atom stereocenters. The van der Waals surface area contributed by atoms with Gasteiger partial charge in [-0.25, -0.2) is 4.98 Å². The second kappa shape index (κ2) is 6.61. The van der Waals surface area contributed by atoms with Crippen molar-refractivity contribution in [2.75, 3.05) is 10.6 Å². The molecule has 4 saturated carbocycles. The van der Waals surface area contributed by atoms with Gasteiger partial charge in [0.1, 0.15) is 5.82 Å². The number of hydrogen-bond donors (Lipinski definition) is 3. The third kappa shape index (κ3) is 3.44. The number of nitrogens with zero attached hydrogens (tertiary/aromatic N) is 2. The molecule has 1 heterocycles. The molecule has 0 atom stereocenters. The first-order chi connectivity index (χ1) is 12.4. The molecule has 0 saturated heterocycles. The molecule has 26 heavy (non-hydrogen) atoms. The van der Waals surface area contributed by atoms with Crippen LogP contribution < -0.4 is 16.4 Å². The van der Waals surface area contributed by atoms with Gasteiger partial charge in [0, 0.05) is 17.8 Å². The van der Waals surface area contributed by atoms with Gasteiger partial charge in [-0.1, -0.05) is 0 Å². The third-order valence-electron chi connectivity index (χ3n) is 5.78. The smallest absolute Gasteiger partial charge is 0.345 e. The molecule has 5 rings (SSSR count). The Kier molecular flexibility index (Phi) is 4.42. The Labute approximate surface area is 150 Å². The highest BCUT2D eigenvalue weighted by atomic mass is 19.3. The van der Waals surface area contributed by atoms with Crippen LogP contribution in [0.15, 0.2) is 6.20 Å². The van der Waals surface area contributed by atoms with E-state index in [1.54, 1.807) is 0 Å². The minimum atomic E-state index is -2.72. The van der Waals surface area contributed by atoms with Gasteiger partial charge in [-0.15, -0.1) is 0 Å². The fourth-order valence-electron chi connectivity index (χ4n) is 4.28. The maximum absolute atomic E-state index is 12.3. The van der Waals surface area contributed by atoms with Gasteiger partial charge in [-0.05, 0) is 50.9 Å². The zero-order valence-corrected chi connectivity index (χ0v) is 14.4. The van der Waals surface area contributed by atoms with Crippen molar-refractivity contribution in [3.05, 3.63) is 11.8 Å². The molecule has 0 aliphatic heterocycles. The molecule has 4 aliphatic carbocycles. The van der Waals surface area contributed by atoms with Crippen LogP contribution in [-0.4, -0.2) is 40.2 Å². The lowest BCUT2D eigenvalue weighted by Gasteiger charge is -2.62. The van der Waals surface area contributed by atoms with Crippen molar-refractivity contribution in [1.29, 1.82) is 0 Å². The number of ether oxygens (including phenoxy) is 1. The Morgan fingerprint density at radius 3 is 2.50 bits per heavy atom. The highest BCUT2D eigenvalue weighted by molar-refractivity contribution is 5.97. The fraction of sp³-hybridized carbons (Fsp3) is 0.706. The number of halogens is 2. The SMILES string of the molecule is NC(=O)c1cnc(NC2CCC(OC(F)F)CC2)nc1NC12CC(C1)C2. The number of nitrogens with two attached hydrogens (primary N) is 1. The lowest BCUT2D eigenvalue weighted by Crippen LogP contribution is -2.63. The maximum atomic E-state index is 12.3. The summed E-state index contributed by atoms with van der Waals surface area (Å²) in [6.07, 6.45) is 6.89. The van der Waals surface area contributed by atoms with Gasteiger partial charge in [0.2, 0.25) is 5.95 Å². The van der Waals surface area contributed by atoms with E-state index in [0.29, 0.717) is 37.4 Å². The Morgan fingerprint density at radius 1 is 1.27 bits per heavy atom. The van der Waals surface area contributed by atoms with Crippen molar-refractivity contribution < 1.29 is 18.3 Å². The average Bonchev–Trinajstić information content (AvgIpc) is 2.51. The molecule has 0 aromatic carbocycles. The number of carbonyl (C=O) groups excluding carboxylic acids is 1. The van der Waals surface area contributed by atoms with Crippen molar-refractivity contribution in [2.24, 2.45) is 11.7 Å². The van der Waals surface area contributed by atoms with E-state index in [9.17, 15) is 13.6 Å². The van der Waals surface area contributed by atoms with Crippen LogP contribution in [0.5, 0.6) is 0 Å². The zero-order valence-electron chi connectivity index (χ0n) is 14.4. The molecule has 1 amide bonds. The Hall–Kier alpha value is -2.03. The highest BCUT2D eigenvalue weighted by Gasteiger charge is 2.57. The fourth-order valence-corrected chi connectivity index (χ4v) is 4.28. The minimum absolute atomic E-state index is 0.0607. The third-order valence-corrected chi connectivity index (χ3v) is 5.78. The van der Waals surface area contributed by atoms with E-state index in [-0.39, 0.29) is 17.1 Å². The molecule has 4 N–H and O–H groups in total. The van der Waals surface area contributed by atoms with Gasteiger partial charge >= 0.3 is 6.61 Å². The van der Waals surface area contributed by atoms with E-state index in [0.717, 1.165) is 25.2 Å². The van der Waals surface area contributed by atoms with E-state index in [1.807, 2.05) is 0 Å². The van der Waals surface area contributed by atoms with Crippen LogP contribution in [0.3, 0.4) is 0 Å². The summed E-state index contributed by atoms with van der Waals surface area (Å²) in [4.78, 5) is 20.3. The van der Waals surface area contributed by atoms with Crippen molar-refractivity contribution in [1.82, 2.24) is 9.97 Å². The van der Waals surface area contributed by atoms with Crippen molar-refractivity contribution in [2.45, 2.75) is 69.2 Å². The summed E-state index contributed by atoms with van der Waals surface area (Å²) in [7, 11) is 0. The van der Waals surface area contributed by atoms with Crippen LogP contribution in [0, 0.1) is 5.92 Å². The second-order valence-corrected chi connectivity index (χ2v) is 7.72. The molecule has 1 aromatic heterocycles. The number of anilines is 2. The first kappa shape index (κ1) is 17.4. The Balaban J connectivity index is 1.40. The summed E-state index contributed by atoms with van der Waals surface area (Å²) >= 11 is 0. The van der Waals surface area contributed by atoms with Crippen LogP contribution in [0.25, 0.3) is 0 Å². The van der Waals surface area contributed by atoms with E-state index >= 15 is 0 Å². The molecule has 4 aliphatic rings. The Bertz CT molecular complexity index is 677. The first-order valence-corrected chi connectivity index (χ1v) is 9.08. The largest absolute Gasteiger partial charge is 0.365 e. The topological polar surface area (TPSA) is 102 Å². The normalized spacial score (nSPS) is 32.5.